The lowest BCUT2D eigenvalue weighted by atomic mass is 10.3. The van der Waals surface area contributed by atoms with E-state index in [-0.39, 0.29) is 26.9 Å². The van der Waals surface area contributed by atoms with Gasteiger partial charge in [0.15, 0.2) is 11.5 Å². The van der Waals surface area contributed by atoms with Crippen LogP contribution in [0.15, 0.2) is 76.5 Å². The zero-order valence-electron chi connectivity index (χ0n) is 16.5. The minimum absolute atomic E-state index is 0.0729. The van der Waals surface area contributed by atoms with Crippen molar-refractivity contribution in [1.82, 2.24) is 0 Å². The van der Waals surface area contributed by atoms with Crippen LogP contribution in [-0.2, 0) is 20.0 Å². The van der Waals surface area contributed by atoms with Gasteiger partial charge in [-0.05, 0) is 48.5 Å². The minimum atomic E-state index is -4.02. The Morgan fingerprint density at radius 3 is 1.81 bits per heavy atom. The van der Waals surface area contributed by atoms with Crippen LogP contribution in [0.1, 0.15) is 0 Å². The van der Waals surface area contributed by atoms with E-state index in [9.17, 15) is 16.8 Å². The van der Waals surface area contributed by atoms with Crippen LogP contribution >= 0.6 is 11.6 Å². The molecule has 0 aromatic heterocycles. The molecule has 0 spiro atoms. The van der Waals surface area contributed by atoms with Crippen molar-refractivity contribution in [3.8, 4) is 11.5 Å². The fraction of sp³-hybridized carbons (Fsp3) is 0.100. The van der Waals surface area contributed by atoms with Gasteiger partial charge < -0.3 is 9.47 Å². The lowest BCUT2D eigenvalue weighted by Gasteiger charge is -2.13. The van der Waals surface area contributed by atoms with Crippen molar-refractivity contribution in [3.05, 3.63) is 71.8 Å². The summed E-state index contributed by atoms with van der Waals surface area (Å²) in [6.07, 6.45) is 0. The van der Waals surface area contributed by atoms with Crippen LogP contribution in [-0.4, -0.2) is 31.1 Å². The van der Waals surface area contributed by atoms with Crippen molar-refractivity contribution >= 4 is 43.0 Å². The molecule has 11 heteroatoms. The molecule has 2 N–H and O–H groups in total. The van der Waals surface area contributed by atoms with E-state index in [1.54, 1.807) is 18.2 Å². The monoisotopic (exact) mass is 482 g/mol. The zero-order valence-corrected chi connectivity index (χ0v) is 18.9. The highest BCUT2D eigenvalue weighted by Gasteiger charge is 2.19. The molecule has 0 saturated heterocycles. The number of benzene rings is 3. The first-order valence-corrected chi connectivity index (χ1v) is 12.1. The Hall–Kier alpha value is -2.95. The first kappa shape index (κ1) is 22.7. The van der Waals surface area contributed by atoms with Gasteiger partial charge in [-0.2, -0.15) is 0 Å². The average molecular weight is 483 g/mol. The van der Waals surface area contributed by atoms with E-state index in [2.05, 4.69) is 9.44 Å². The molecule has 0 radical (unpaired) electrons. The van der Waals surface area contributed by atoms with Crippen molar-refractivity contribution in [2.75, 3.05) is 23.7 Å². The van der Waals surface area contributed by atoms with Crippen LogP contribution in [0.3, 0.4) is 0 Å². The summed E-state index contributed by atoms with van der Waals surface area (Å²) in [6, 6.07) is 15.8. The number of hydrogen-bond acceptors (Lipinski definition) is 6. The molecule has 164 valence electrons. The molecule has 0 aliphatic heterocycles. The summed E-state index contributed by atoms with van der Waals surface area (Å²) in [7, 11) is -5.16. The number of hydrogen-bond donors (Lipinski definition) is 2. The van der Waals surface area contributed by atoms with E-state index in [0.29, 0.717) is 10.8 Å². The fourth-order valence-electron chi connectivity index (χ4n) is 2.69. The van der Waals surface area contributed by atoms with E-state index in [4.69, 9.17) is 21.1 Å². The summed E-state index contributed by atoms with van der Waals surface area (Å²) in [5.41, 5.74) is 0.354. The second-order valence-corrected chi connectivity index (χ2v) is 10.1. The van der Waals surface area contributed by atoms with Crippen molar-refractivity contribution in [2.24, 2.45) is 0 Å². The van der Waals surface area contributed by atoms with Crippen molar-refractivity contribution < 1.29 is 26.3 Å². The maximum absolute atomic E-state index is 12.8. The van der Waals surface area contributed by atoms with Gasteiger partial charge in [-0.15, -0.1) is 0 Å². The molecule has 3 rings (SSSR count). The number of halogens is 1. The van der Waals surface area contributed by atoms with Crippen molar-refractivity contribution in [1.29, 1.82) is 0 Å². The zero-order chi connectivity index (χ0) is 22.6. The van der Waals surface area contributed by atoms with Crippen LogP contribution in [0.4, 0.5) is 11.4 Å². The number of sulfonamides is 2. The molecule has 0 unspecified atom stereocenters. The third-order valence-corrected chi connectivity index (χ3v) is 7.13. The standard InChI is InChI=1S/C20H19ClN2O6S2/c1-28-19-10-9-18(13-20(19)29-2)31(26,27)23-16-7-4-8-17(12-16)30(24,25)22-15-6-3-5-14(21)11-15/h3-13,22-23H,1-2H3. The average Bonchev–Trinajstić information content (AvgIpc) is 2.72. The quantitative estimate of drug-likeness (QED) is 0.502. The van der Waals surface area contributed by atoms with Crippen LogP contribution in [0.5, 0.6) is 11.5 Å². The first-order valence-electron chi connectivity index (χ1n) is 8.78. The Bertz CT molecular complexity index is 1310. The molecular formula is C20H19ClN2O6S2. The largest absolute Gasteiger partial charge is 0.493 e. The molecule has 0 fully saturated rings. The molecule has 0 saturated carbocycles. The highest BCUT2D eigenvalue weighted by molar-refractivity contribution is 7.93. The molecule has 0 bridgehead atoms. The maximum Gasteiger partial charge on any atom is 0.262 e. The van der Waals surface area contributed by atoms with E-state index in [1.807, 2.05) is 0 Å². The van der Waals surface area contributed by atoms with Crippen LogP contribution in [0.25, 0.3) is 0 Å². The van der Waals surface area contributed by atoms with Crippen LogP contribution in [0, 0.1) is 0 Å². The summed E-state index contributed by atoms with van der Waals surface area (Å²) >= 11 is 5.89. The predicted molar refractivity (Wildman–Crippen MR) is 119 cm³/mol. The van der Waals surface area contributed by atoms with Gasteiger partial charge in [-0.3, -0.25) is 9.44 Å². The molecule has 0 aliphatic rings. The third-order valence-electron chi connectivity index (χ3n) is 4.14. The highest BCUT2D eigenvalue weighted by Crippen LogP contribution is 2.30. The Balaban J connectivity index is 1.87. The predicted octanol–water partition coefficient (Wildman–Crippen LogP) is 3.96. The van der Waals surface area contributed by atoms with E-state index < -0.39 is 20.0 Å². The fourth-order valence-corrected chi connectivity index (χ4v) is 5.04. The number of rotatable bonds is 8. The second-order valence-electron chi connectivity index (χ2n) is 6.27. The van der Waals surface area contributed by atoms with Crippen molar-refractivity contribution in [2.45, 2.75) is 9.79 Å². The maximum atomic E-state index is 12.8. The van der Waals surface area contributed by atoms with E-state index in [0.717, 1.165) is 0 Å². The highest BCUT2D eigenvalue weighted by atomic mass is 35.5. The van der Waals surface area contributed by atoms with Gasteiger partial charge in [0.05, 0.1) is 35.4 Å². The third kappa shape index (κ3) is 5.40. The summed E-state index contributed by atoms with van der Waals surface area (Å²) in [6.45, 7) is 0. The Morgan fingerprint density at radius 1 is 0.677 bits per heavy atom. The first-order chi connectivity index (χ1) is 14.6. The summed E-state index contributed by atoms with van der Waals surface area (Å²) < 4.78 is 66.0. The lowest BCUT2D eigenvalue weighted by molar-refractivity contribution is 0.354. The van der Waals surface area contributed by atoms with Gasteiger partial charge in [-0.1, -0.05) is 23.7 Å². The Labute approximate surface area is 185 Å². The molecule has 0 amide bonds. The van der Waals surface area contributed by atoms with Crippen LogP contribution < -0.4 is 18.9 Å². The van der Waals surface area contributed by atoms with Crippen LogP contribution in [0.2, 0.25) is 5.02 Å². The normalized spacial score (nSPS) is 11.6. The van der Waals surface area contributed by atoms with Crippen molar-refractivity contribution in [3.63, 3.8) is 0 Å². The molecule has 0 aliphatic carbocycles. The van der Waals surface area contributed by atoms with Gasteiger partial charge >= 0.3 is 0 Å². The summed E-state index contributed by atoms with van der Waals surface area (Å²) in [5.74, 6) is 0.619. The Morgan fingerprint density at radius 2 is 1.23 bits per heavy atom. The SMILES string of the molecule is COc1ccc(S(=O)(=O)Nc2cccc(S(=O)(=O)Nc3cccc(Cl)c3)c2)cc1OC. The Kier molecular flexibility index (Phi) is 6.63. The molecule has 0 atom stereocenters. The molecular weight excluding hydrogens is 464 g/mol. The second kappa shape index (κ2) is 9.04. The number of methoxy groups -OCH3 is 2. The van der Waals surface area contributed by atoms with E-state index in [1.165, 1.54) is 62.8 Å². The molecule has 3 aromatic carbocycles. The molecule has 8 nitrogen and oxygen atoms in total. The minimum Gasteiger partial charge on any atom is -0.493 e. The number of ether oxygens (including phenoxy) is 2. The van der Waals surface area contributed by atoms with Gasteiger partial charge in [0.1, 0.15) is 0 Å². The lowest BCUT2D eigenvalue weighted by Crippen LogP contribution is -2.15. The molecule has 31 heavy (non-hydrogen) atoms. The smallest absolute Gasteiger partial charge is 0.262 e. The summed E-state index contributed by atoms with van der Waals surface area (Å²) in [5, 5.41) is 0.372. The number of anilines is 2. The van der Waals surface area contributed by atoms with Gasteiger partial charge in [-0.25, -0.2) is 16.8 Å². The number of nitrogens with one attached hydrogen (secondary N) is 2. The van der Waals surface area contributed by atoms with Gasteiger partial charge in [0.25, 0.3) is 20.0 Å². The molecule has 3 aromatic rings. The summed E-state index contributed by atoms with van der Waals surface area (Å²) in [4.78, 5) is -0.199. The van der Waals surface area contributed by atoms with Gasteiger partial charge in [0, 0.05) is 11.1 Å². The topological polar surface area (TPSA) is 111 Å². The molecule has 0 heterocycles. The van der Waals surface area contributed by atoms with E-state index >= 15 is 0 Å². The van der Waals surface area contributed by atoms with Gasteiger partial charge in [0.2, 0.25) is 0 Å².